The van der Waals surface area contributed by atoms with Crippen LogP contribution in [-0.2, 0) is 10.8 Å². The summed E-state index contributed by atoms with van der Waals surface area (Å²) in [6.45, 7) is 18.2. The largest absolute Gasteiger partial charge is 0.358 e. The van der Waals surface area contributed by atoms with Gasteiger partial charge in [0.15, 0.2) is 0 Å². The van der Waals surface area contributed by atoms with E-state index in [0.717, 1.165) is 116 Å². The van der Waals surface area contributed by atoms with E-state index in [1.54, 1.807) is 0 Å². The fraction of sp³-hybridized carbons (Fsp3) is 0.412. The Balaban J connectivity index is 0.985. The number of allylic oxidation sites excluding steroid dienone is 4. The van der Waals surface area contributed by atoms with Crippen LogP contribution in [0.1, 0.15) is 202 Å². The average molecular weight is 1010 g/mol. The summed E-state index contributed by atoms with van der Waals surface area (Å²) in [5.41, 5.74) is 18.8. The van der Waals surface area contributed by atoms with Crippen LogP contribution in [0.4, 0.5) is 0 Å². The molecule has 0 unspecified atom stereocenters. The summed E-state index contributed by atoms with van der Waals surface area (Å²) < 4.78 is 0. The third-order valence-corrected chi connectivity index (χ3v) is 17.2. The molecule has 2 aliphatic heterocycles. The topological polar surface area (TPSA) is 113 Å². The molecule has 2 saturated carbocycles. The zero-order valence-corrected chi connectivity index (χ0v) is 46.7. The van der Waals surface area contributed by atoms with Gasteiger partial charge in [-0.15, -0.1) is 0 Å². The summed E-state index contributed by atoms with van der Waals surface area (Å²) >= 11 is 0. The summed E-state index contributed by atoms with van der Waals surface area (Å²) in [7, 11) is 0. The Bertz CT molecular complexity index is 2990. The average Bonchev–Trinajstić information content (AvgIpc) is 4.35. The van der Waals surface area contributed by atoms with E-state index in [0.29, 0.717) is 23.9 Å². The molecule has 2 aliphatic carbocycles. The Morgan fingerprint density at radius 2 is 0.868 bits per heavy atom. The van der Waals surface area contributed by atoms with Gasteiger partial charge in [-0.05, 0) is 175 Å². The van der Waals surface area contributed by atoms with E-state index >= 15 is 0 Å². The van der Waals surface area contributed by atoms with Crippen LogP contribution in [0.25, 0.3) is 11.1 Å². The van der Waals surface area contributed by atoms with Crippen molar-refractivity contribution in [2.24, 2.45) is 31.8 Å². The van der Waals surface area contributed by atoms with Gasteiger partial charge in [0.05, 0.1) is 46.3 Å². The lowest BCUT2D eigenvalue weighted by molar-refractivity contribution is 0.318. The van der Waals surface area contributed by atoms with Crippen molar-refractivity contribution in [3.05, 3.63) is 201 Å². The molecule has 6 heterocycles. The molecule has 6 aromatic rings. The number of hydrogen-bond acceptors (Lipinski definition) is 4. The van der Waals surface area contributed by atoms with Crippen LogP contribution in [0.3, 0.4) is 0 Å². The van der Waals surface area contributed by atoms with E-state index in [1.165, 1.54) is 75.4 Å². The number of rotatable bonds is 19. The van der Waals surface area contributed by atoms with Gasteiger partial charge >= 0.3 is 0 Å². The molecule has 8 heteroatoms. The number of aliphatic imine (C=N–C) groups is 4. The maximum absolute atomic E-state index is 5.62. The van der Waals surface area contributed by atoms with Gasteiger partial charge < -0.3 is 19.9 Å². The van der Waals surface area contributed by atoms with Crippen LogP contribution in [0.2, 0.25) is 0 Å². The van der Waals surface area contributed by atoms with Gasteiger partial charge in [0.25, 0.3) is 0 Å². The van der Waals surface area contributed by atoms with Crippen molar-refractivity contribution in [1.29, 1.82) is 0 Å². The standard InChI is InChI=1S/C68H82N8/c1-9-23-51-41-57(75-65(51)63(49-29-19-13-20-30-49)55-35-39-61(73-55)67(5,6)59-37-33-53(71-59)43-69-45(3)47-25-15-11-16-26-47)58-42-52(24-10-2)66(76-58)64(50-31-21-14-22-32-50)56-36-40-62(74-56)68(7,8)60-38-34-54(72-60)44-70-46(4)48-27-17-12-18-28-48/h13-14,19-22,29-48,71-74H,9-12,15-18,23-28H2,1-8H3/b65-63-,66-64+,69-43?,70-44?/t45-,46-/m1/s1. The van der Waals surface area contributed by atoms with Crippen LogP contribution < -0.4 is 0 Å². The van der Waals surface area contributed by atoms with E-state index < -0.39 is 0 Å². The van der Waals surface area contributed by atoms with Crippen molar-refractivity contribution in [2.45, 2.75) is 168 Å². The highest BCUT2D eigenvalue weighted by atomic mass is 14.9. The van der Waals surface area contributed by atoms with E-state index in [2.05, 4.69) is 209 Å². The lowest BCUT2D eigenvalue weighted by Gasteiger charge is -2.24. The van der Waals surface area contributed by atoms with Crippen LogP contribution >= 0.6 is 0 Å². The predicted molar refractivity (Wildman–Crippen MR) is 320 cm³/mol. The van der Waals surface area contributed by atoms with Crippen molar-refractivity contribution in [1.82, 2.24) is 19.9 Å². The summed E-state index contributed by atoms with van der Waals surface area (Å²) in [5, 5.41) is 0. The van der Waals surface area contributed by atoms with E-state index in [4.69, 9.17) is 20.0 Å². The first-order valence-electron chi connectivity index (χ1n) is 28.9. The van der Waals surface area contributed by atoms with E-state index in [-0.39, 0.29) is 10.8 Å². The molecule has 2 fully saturated rings. The molecule has 2 aromatic carbocycles. The molecule has 2 atom stereocenters. The zero-order chi connectivity index (χ0) is 52.8. The Morgan fingerprint density at radius 1 is 0.500 bits per heavy atom. The first-order chi connectivity index (χ1) is 36.9. The molecule has 8 nitrogen and oxygen atoms in total. The molecule has 4 aliphatic rings. The number of benzene rings is 2. The molecule has 0 saturated heterocycles. The summed E-state index contributed by atoms with van der Waals surface area (Å²) in [6.07, 6.45) is 25.7. The van der Waals surface area contributed by atoms with Gasteiger partial charge in [-0.25, -0.2) is 9.98 Å². The maximum atomic E-state index is 5.62. The molecule has 0 radical (unpaired) electrons. The SMILES string of the molecule is CCCC1=CC(C2=N/C(=C(\c3ccccc3)c3ccc(C(C)(C)c4ccc(C=N[C@H](C)C5CCCCC5)[nH]4)[nH]3)C(CCC)=C2)=N/C1=C(/c1ccccc1)c1ccc(C(C)(C)c2ccc(C=N[C@H](C)C3CCCCC3)[nH]2)[nH]1. The molecule has 76 heavy (non-hydrogen) atoms. The van der Waals surface area contributed by atoms with Gasteiger partial charge in [0.1, 0.15) is 0 Å². The summed E-state index contributed by atoms with van der Waals surface area (Å²) in [5.74, 6) is 1.38. The first-order valence-corrected chi connectivity index (χ1v) is 28.9. The molecule has 0 bridgehead atoms. The summed E-state index contributed by atoms with van der Waals surface area (Å²) in [6, 6.07) is 40.0. The monoisotopic (exact) mass is 1010 g/mol. The molecular weight excluding hydrogens is 929 g/mol. The molecule has 0 spiro atoms. The summed E-state index contributed by atoms with van der Waals surface area (Å²) in [4.78, 5) is 36.6. The third-order valence-electron chi connectivity index (χ3n) is 17.2. The quantitative estimate of drug-likeness (QED) is 0.0580. The number of nitrogens with one attached hydrogen (secondary N) is 4. The highest BCUT2D eigenvalue weighted by molar-refractivity contribution is 6.52. The molecule has 4 aromatic heterocycles. The van der Waals surface area contributed by atoms with Gasteiger partial charge in [0.2, 0.25) is 0 Å². The number of aromatic nitrogens is 4. The second-order valence-electron chi connectivity index (χ2n) is 23.3. The van der Waals surface area contributed by atoms with E-state index in [9.17, 15) is 0 Å². The van der Waals surface area contributed by atoms with Crippen molar-refractivity contribution < 1.29 is 0 Å². The van der Waals surface area contributed by atoms with Crippen LogP contribution in [0.15, 0.2) is 164 Å². The number of nitrogens with zero attached hydrogens (tertiary/aromatic N) is 4. The van der Waals surface area contributed by atoms with Gasteiger partial charge in [-0.1, -0.05) is 126 Å². The number of H-pyrrole nitrogens is 4. The molecule has 0 amide bonds. The van der Waals surface area contributed by atoms with Gasteiger partial charge in [0, 0.05) is 68.6 Å². The second-order valence-corrected chi connectivity index (χ2v) is 23.3. The number of aromatic amines is 4. The third kappa shape index (κ3) is 11.3. The molecule has 394 valence electrons. The molecular formula is C68H82N8. The van der Waals surface area contributed by atoms with Crippen molar-refractivity contribution in [3.8, 4) is 0 Å². The van der Waals surface area contributed by atoms with Gasteiger partial charge in [-0.2, -0.15) is 0 Å². The second kappa shape index (κ2) is 23.2. The highest BCUT2D eigenvalue weighted by Crippen LogP contribution is 2.42. The Morgan fingerprint density at radius 3 is 1.25 bits per heavy atom. The Labute approximate surface area is 453 Å². The lowest BCUT2D eigenvalue weighted by atomic mass is 9.85. The maximum Gasteiger partial charge on any atom is 0.0897 e. The smallest absolute Gasteiger partial charge is 0.0897 e. The Hall–Kier alpha value is -6.80. The lowest BCUT2D eigenvalue weighted by Crippen LogP contribution is -2.20. The molecule has 10 rings (SSSR count). The van der Waals surface area contributed by atoms with E-state index in [1.807, 2.05) is 0 Å². The minimum atomic E-state index is -0.320. The zero-order valence-electron chi connectivity index (χ0n) is 46.7. The normalized spacial score (nSPS) is 19.3. The minimum Gasteiger partial charge on any atom is -0.358 e. The fourth-order valence-electron chi connectivity index (χ4n) is 12.3. The highest BCUT2D eigenvalue weighted by Gasteiger charge is 2.32. The predicted octanol–water partition coefficient (Wildman–Crippen LogP) is 17.0. The molecule has 4 N–H and O–H groups in total. The van der Waals surface area contributed by atoms with Crippen molar-refractivity contribution in [2.75, 3.05) is 0 Å². The first kappa shape index (κ1) is 52.6. The van der Waals surface area contributed by atoms with Crippen LogP contribution in [0.5, 0.6) is 0 Å². The number of hydrogen-bond donors (Lipinski definition) is 4. The van der Waals surface area contributed by atoms with Crippen molar-refractivity contribution >= 4 is 35.0 Å². The van der Waals surface area contributed by atoms with Crippen LogP contribution in [0, 0.1) is 11.8 Å². The van der Waals surface area contributed by atoms with Gasteiger partial charge in [-0.3, -0.25) is 9.98 Å². The Kier molecular flexibility index (Phi) is 16.1. The van der Waals surface area contributed by atoms with Crippen molar-refractivity contribution in [3.63, 3.8) is 0 Å². The fourth-order valence-corrected chi connectivity index (χ4v) is 12.3. The van der Waals surface area contributed by atoms with Crippen LogP contribution in [-0.4, -0.2) is 55.9 Å². The minimum absolute atomic E-state index is 0.320.